The van der Waals surface area contributed by atoms with Gasteiger partial charge in [-0.2, -0.15) is 5.10 Å². The number of ether oxygens (including phenoxy) is 3. The Kier molecular flexibility index (Phi) is 6.11. The van der Waals surface area contributed by atoms with Crippen LogP contribution in [0.25, 0.3) is 10.8 Å². The van der Waals surface area contributed by atoms with Gasteiger partial charge in [-0.15, -0.1) is 0 Å². The highest BCUT2D eigenvalue weighted by Crippen LogP contribution is 2.33. The van der Waals surface area contributed by atoms with E-state index in [0.717, 1.165) is 10.8 Å². The fourth-order valence-electron chi connectivity index (χ4n) is 2.94. The molecule has 1 amide bonds. The van der Waals surface area contributed by atoms with Crippen LogP contribution < -0.4 is 19.6 Å². The minimum atomic E-state index is -0.575. The van der Waals surface area contributed by atoms with Gasteiger partial charge in [0.25, 0.3) is 5.91 Å². The molecule has 0 heterocycles. The Hall–Kier alpha value is -4.14. The van der Waals surface area contributed by atoms with E-state index >= 15 is 0 Å². The zero-order valence-corrected chi connectivity index (χ0v) is 16.5. The quantitative estimate of drug-likeness (QED) is 0.363. The normalized spacial score (nSPS) is 10.8. The molecule has 154 valence electrons. The number of methoxy groups -OCH3 is 3. The smallest absolute Gasteiger partial charge is 0.311 e. The lowest BCUT2D eigenvalue weighted by Gasteiger charge is -2.10. The maximum atomic E-state index is 12.6. The highest BCUT2D eigenvalue weighted by molar-refractivity contribution is 6.02. The number of nitrogens with zero attached hydrogens (tertiary/aromatic N) is 2. The maximum Gasteiger partial charge on any atom is 0.311 e. The third-order valence-corrected chi connectivity index (χ3v) is 4.41. The standard InChI is InChI=1S/C21H19N3O6/c1-28-18-11-20(30-3)17(24(26)27)9-15(18)12-22-23-21(25)16-8-13-6-4-5-7-14(13)10-19(16)29-2/h4-12H,1-3H3,(H,23,25)/b22-12-. The summed E-state index contributed by atoms with van der Waals surface area (Å²) >= 11 is 0. The van der Waals surface area contributed by atoms with Crippen molar-refractivity contribution in [3.05, 3.63) is 69.8 Å². The lowest BCUT2D eigenvalue weighted by atomic mass is 10.1. The Morgan fingerprint density at radius 3 is 2.20 bits per heavy atom. The third kappa shape index (κ3) is 4.14. The van der Waals surface area contributed by atoms with Crippen LogP contribution in [-0.2, 0) is 0 Å². The number of nitro benzene ring substituents is 1. The van der Waals surface area contributed by atoms with E-state index in [0.29, 0.717) is 22.6 Å². The molecule has 0 saturated heterocycles. The van der Waals surface area contributed by atoms with Crippen molar-refractivity contribution in [2.75, 3.05) is 21.3 Å². The Balaban J connectivity index is 1.88. The van der Waals surface area contributed by atoms with Gasteiger partial charge in [0.05, 0.1) is 38.0 Å². The molecule has 0 aliphatic carbocycles. The zero-order valence-electron chi connectivity index (χ0n) is 16.5. The number of carbonyl (C=O) groups is 1. The summed E-state index contributed by atoms with van der Waals surface area (Å²) in [6, 6.07) is 13.7. The predicted molar refractivity (Wildman–Crippen MR) is 112 cm³/mol. The van der Waals surface area contributed by atoms with Crippen molar-refractivity contribution in [2.45, 2.75) is 0 Å². The molecule has 30 heavy (non-hydrogen) atoms. The lowest BCUT2D eigenvalue weighted by Crippen LogP contribution is -2.18. The predicted octanol–water partition coefficient (Wildman–Crippen LogP) is 3.54. The Labute approximate surface area is 172 Å². The van der Waals surface area contributed by atoms with Crippen molar-refractivity contribution in [3.8, 4) is 17.2 Å². The molecule has 0 radical (unpaired) electrons. The molecular weight excluding hydrogens is 390 g/mol. The fraction of sp³-hybridized carbons (Fsp3) is 0.143. The minimum absolute atomic E-state index is 0.0546. The van der Waals surface area contributed by atoms with E-state index in [-0.39, 0.29) is 11.4 Å². The van der Waals surface area contributed by atoms with Crippen molar-refractivity contribution in [1.82, 2.24) is 5.43 Å². The fourth-order valence-corrected chi connectivity index (χ4v) is 2.94. The summed E-state index contributed by atoms with van der Waals surface area (Å²) in [5.41, 5.74) is 2.77. The van der Waals surface area contributed by atoms with Crippen molar-refractivity contribution >= 4 is 28.6 Å². The second-order valence-electron chi connectivity index (χ2n) is 6.12. The molecule has 3 aromatic carbocycles. The van der Waals surface area contributed by atoms with Gasteiger partial charge in [0.1, 0.15) is 11.5 Å². The molecule has 9 heteroatoms. The van der Waals surface area contributed by atoms with Crippen LogP contribution in [0.5, 0.6) is 17.2 Å². The van der Waals surface area contributed by atoms with Crippen LogP contribution in [0.15, 0.2) is 53.6 Å². The number of amides is 1. The Morgan fingerprint density at radius 1 is 0.967 bits per heavy atom. The summed E-state index contributed by atoms with van der Waals surface area (Å²) in [4.78, 5) is 23.3. The van der Waals surface area contributed by atoms with Gasteiger partial charge in [-0.05, 0) is 22.9 Å². The lowest BCUT2D eigenvalue weighted by molar-refractivity contribution is -0.385. The molecular formula is C21H19N3O6. The van der Waals surface area contributed by atoms with Crippen LogP contribution in [0.4, 0.5) is 5.69 Å². The Morgan fingerprint density at radius 2 is 1.60 bits per heavy atom. The zero-order chi connectivity index (χ0) is 21.7. The summed E-state index contributed by atoms with van der Waals surface area (Å²) in [5, 5.41) is 17.0. The molecule has 3 aromatic rings. The first-order valence-corrected chi connectivity index (χ1v) is 8.79. The number of nitrogens with one attached hydrogen (secondary N) is 1. The first-order valence-electron chi connectivity index (χ1n) is 8.79. The topological polar surface area (TPSA) is 112 Å². The number of hydrogen-bond donors (Lipinski definition) is 1. The van der Waals surface area contributed by atoms with Gasteiger partial charge < -0.3 is 14.2 Å². The van der Waals surface area contributed by atoms with Gasteiger partial charge in [0, 0.05) is 17.7 Å². The number of fused-ring (bicyclic) bond motifs is 1. The first-order chi connectivity index (χ1) is 14.5. The second kappa shape index (κ2) is 8.91. The van der Waals surface area contributed by atoms with E-state index in [1.807, 2.05) is 24.3 Å². The van der Waals surface area contributed by atoms with Gasteiger partial charge in [0.15, 0.2) is 0 Å². The van der Waals surface area contributed by atoms with Crippen LogP contribution in [0.2, 0.25) is 0 Å². The molecule has 0 aliphatic heterocycles. The van der Waals surface area contributed by atoms with Crippen LogP contribution in [-0.4, -0.2) is 38.4 Å². The molecule has 0 bridgehead atoms. The summed E-state index contributed by atoms with van der Waals surface area (Å²) in [7, 11) is 4.22. The number of hydrazone groups is 1. The van der Waals surface area contributed by atoms with Crippen molar-refractivity contribution < 1.29 is 23.9 Å². The van der Waals surface area contributed by atoms with Crippen LogP contribution in [0.1, 0.15) is 15.9 Å². The highest BCUT2D eigenvalue weighted by Gasteiger charge is 2.19. The molecule has 0 aliphatic rings. The first kappa shape index (κ1) is 20.6. The van der Waals surface area contributed by atoms with Crippen molar-refractivity contribution in [2.24, 2.45) is 5.10 Å². The molecule has 3 rings (SSSR count). The van der Waals surface area contributed by atoms with E-state index in [9.17, 15) is 14.9 Å². The summed E-state index contributed by atoms with van der Waals surface area (Å²) < 4.78 is 15.6. The summed E-state index contributed by atoms with van der Waals surface area (Å²) in [5.74, 6) is 0.271. The molecule has 9 nitrogen and oxygen atoms in total. The van der Waals surface area contributed by atoms with E-state index < -0.39 is 10.8 Å². The average Bonchev–Trinajstić information content (AvgIpc) is 2.77. The highest BCUT2D eigenvalue weighted by atomic mass is 16.6. The number of rotatable bonds is 7. The Bertz CT molecular complexity index is 1140. The number of benzene rings is 3. The largest absolute Gasteiger partial charge is 0.496 e. The van der Waals surface area contributed by atoms with Gasteiger partial charge >= 0.3 is 5.69 Å². The van der Waals surface area contributed by atoms with Gasteiger partial charge in [0.2, 0.25) is 5.75 Å². The average molecular weight is 409 g/mol. The van der Waals surface area contributed by atoms with E-state index in [1.165, 1.54) is 39.7 Å². The molecule has 0 saturated carbocycles. The SMILES string of the molecule is COc1cc(OC)c([N+](=O)[O-])cc1/C=N\NC(=O)c1cc2ccccc2cc1OC. The van der Waals surface area contributed by atoms with Crippen molar-refractivity contribution in [1.29, 1.82) is 0 Å². The van der Waals surface area contributed by atoms with E-state index in [1.54, 1.807) is 12.1 Å². The third-order valence-electron chi connectivity index (χ3n) is 4.41. The molecule has 0 aromatic heterocycles. The minimum Gasteiger partial charge on any atom is -0.496 e. The molecule has 0 spiro atoms. The number of carbonyl (C=O) groups excluding carboxylic acids is 1. The van der Waals surface area contributed by atoms with E-state index in [2.05, 4.69) is 10.5 Å². The molecule has 0 unspecified atom stereocenters. The maximum absolute atomic E-state index is 12.6. The second-order valence-corrected chi connectivity index (χ2v) is 6.12. The monoisotopic (exact) mass is 409 g/mol. The van der Waals surface area contributed by atoms with Crippen molar-refractivity contribution in [3.63, 3.8) is 0 Å². The van der Waals surface area contributed by atoms with Crippen LogP contribution in [0.3, 0.4) is 0 Å². The van der Waals surface area contributed by atoms with Crippen LogP contribution >= 0.6 is 0 Å². The van der Waals surface area contributed by atoms with Crippen LogP contribution in [0, 0.1) is 10.1 Å². The van der Waals surface area contributed by atoms with Gasteiger partial charge in [-0.1, -0.05) is 24.3 Å². The van der Waals surface area contributed by atoms with Gasteiger partial charge in [-0.25, -0.2) is 5.43 Å². The molecule has 0 atom stereocenters. The van der Waals surface area contributed by atoms with Gasteiger partial charge in [-0.3, -0.25) is 14.9 Å². The molecule has 1 N–H and O–H groups in total. The summed E-state index contributed by atoms with van der Waals surface area (Å²) in [6.45, 7) is 0. The molecule has 0 fully saturated rings. The van der Waals surface area contributed by atoms with E-state index in [4.69, 9.17) is 14.2 Å². The number of nitro groups is 1. The summed E-state index contributed by atoms with van der Waals surface area (Å²) in [6.07, 6.45) is 1.26. The number of hydrogen-bond acceptors (Lipinski definition) is 7.